The van der Waals surface area contributed by atoms with E-state index in [-0.39, 0.29) is 0 Å². The largest absolute Gasteiger partial charge is 0.327 e. The third-order valence-electron chi connectivity index (χ3n) is 4.81. The van der Waals surface area contributed by atoms with Crippen LogP contribution in [0.4, 0.5) is 0 Å². The third-order valence-corrected chi connectivity index (χ3v) is 4.81. The van der Waals surface area contributed by atoms with Gasteiger partial charge >= 0.3 is 0 Å². The molecule has 0 aliphatic carbocycles. The molecule has 2 heteroatoms. The van der Waals surface area contributed by atoms with Crippen molar-refractivity contribution in [1.29, 1.82) is 0 Å². The summed E-state index contributed by atoms with van der Waals surface area (Å²) in [6, 6.07) is 27.5. The molecule has 0 saturated carbocycles. The number of aryl methyl sites for hydroxylation is 2. The number of benzene rings is 3. The molecule has 4 aromatic rings. The van der Waals surface area contributed by atoms with E-state index in [1.807, 2.05) is 6.07 Å². The fourth-order valence-electron chi connectivity index (χ4n) is 3.54. The Hall–Kier alpha value is -3.13. The highest BCUT2D eigenvalue weighted by molar-refractivity contribution is 5.83. The average Bonchev–Trinajstić information content (AvgIpc) is 3.00. The summed E-state index contributed by atoms with van der Waals surface area (Å²) >= 11 is 0. The molecule has 0 radical (unpaired) electrons. The fraction of sp³-hybridized carbons (Fsp3) is 0.125. The SMILES string of the molecule is Cc1ccc(-c2nc(-c3ccccc3)n(C)c2-c2ccccc2)c(C)c1. The van der Waals surface area contributed by atoms with Gasteiger partial charge in [0.05, 0.1) is 11.4 Å². The van der Waals surface area contributed by atoms with Crippen LogP contribution in [0.1, 0.15) is 11.1 Å². The number of aromatic nitrogens is 2. The van der Waals surface area contributed by atoms with Crippen LogP contribution in [0.3, 0.4) is 0 Å². The minimum atomic E-state index is 0.986. The zero-order valence-electron chi connectivity index (χ0n) is 15.4. The first-order valence-corrected chi connectivity index (χ1v) is 8.90. The summed E-state index contributed by atoms with van der Waals surface area (Å²) in [5.41, 5.74) is 8.20. The van der Waals surface area contributed by atoms with Crippen molar-refractivity contribution in [1.82, 2.24) is 9.55 Å². The van der Waals surface area contributed by atoms with Crippen LogP contribution < -0.4 is 0 Å². The van der Waals surface area contributed by atoms with Gasteiger partial charge < -0.3 is 4.57 Å². The smallest absolute Gasteiger partial charge is 0.140 e. The Kier molecular flexibility index (Phi) is 4.18. The zero-order valence-corrected chi connectivity index (χ0v) is 15.4. The monoisotopic (exact) mass is 338 g/mol. The molecule has 0 spiro atoms. The Morgan fingerprint density at radius 1 is 0.731 bits per heavy atom. The van der Waals surface area contributed by atoms with Crippen molar-refractivity contribution >= 4 is 0 Å². The molecule has 2 nitrogen and oxygen atoms in total. The van der Waals surface area contributed by atoms with E-state index in [1.54, 1.807) is 0 Å². The van der Waals surface area contributed by atoms with E-state index in [2.05, 4.69) is 98.3 Å². The minimum absolute atomic E-state index is 0.986. The molecule has 0 fully saturated rings. The summed E-state index contributed by atoms with van der Waals surface area (Å²) in [7, 11) is 2.10. The lowest BCUT2D eigenvalue weighted by molar-refractivity contribution is 0.933. The van der Waals surface area contributed by atoms with Gasteiger partial charge in [0.2, 0.25) is 0 Å². The summed E-state index contributed by atoms with van der Waals surface area (Å²) in [5.74, 6) is 0.986. The molecule has 0 aliphatic heterocycles. The molecule has 0 N–H and O–H groups in total. The van der Waals surface area contributed by atoms with Crippen molar-refractivity contribution < 1.29 is 0 Å². The van der Waals surface area contributed by atoms with Gasteiger partial charge in [-0.2, -0.15) is 0 Å². The molecule has 1 aromatic heterocycles. The van der Waals surface area contributed by atoms with Gasteiger partial charge in [-0.15, -0.1) is 0 Å². The van der Waals surface area contributed by atoms with E-state index in [1.165, 1.54) is 22.3 Å². The standard InChI is InChI=1S/C24H22N2/c1-17-14-15-21(18(2)16-17)22-23(19-10-6-4-7-11-19)26(3)24(25-22)20-12-8-5-9-13-20/h4-16H,1-3H3. The number of imidazole rings is 1. The second-order valence-electron chi connectivity index (χ2n) is 6.74. The lowest BCUT2D eigenvalue weighted by Gasteiger charge is -2.10. The normalized spacial score (nSPS) is 10.9. The molecule has 1 heterocycles. The molecule has 26 heavy (non-hydrogen) atoms. The second kappa shape index (κ2) is 6.64. The maximum atomic E-state index is 5.08. The molecule has 0 aliphatic rings. The van der Waals surface area contributed by atoms with Crippen LogP contribution in [-0.2, 0) is 7.05 Å². The first-order chi connectivity index (χ1) is 12.6. The Morgan fingerprint density at radius 3 is 1.96 bits per heavy atom. The number of hydrogen-bond donors (Lipinski definition) is 0. The molecule has 0 unspecified atom stereocenters. The van der Waals surface area contributed by atoms with Crippen LogP contribution in [0.5, 0.6) is 0 Å². The summed E-state index contributed by atoms with van der Waals surface area (Å²) in [6.07, 6.45) is 0. The van der Waals surface area contributed by atoms with Gasteiger partial charge in [0, 0.05) is 23.7 Å². The van der Waals surface area contributed by atoms with E-state index >= 15 is 0 Å². The molecule has 0 amide bonds. The van der Waals surface area contributed by atoms with Gasteiger partial charge in [-0.25, -0.2) is 4.98 Å². The molecule has 0 saturated heterocycles. The van der Waals surface area contributed by atoms with E-state index in [4.69, 9.17) is 4.98 Å². The fourth-order valence-corrected chi connectivity index (χ4v) is 3.54. The van der Waals surface area contributed by atoms with Crippen molar-refractivity contribution in [3.05, 3.63) is 90.0 Å². The maximum absolute atomic E-state index is 5.08. The molecule has 3 aromatic carbocycles. The van der Waals surface area contributed by atoms with E-state index in [0.717, 1.165) is 22.8 Å². The lowest BCUT2D eigenvalue weighted by atomic mass is 9.99. The van der Waals surface area contributed by atoms with Gasteiger partial charge in [0.25, 0.3) is 0 Å². The summed E-state index contributed by atoms with van der Waals surface area (Å²) in [4.78, 5) is 5.08. The lowest BCUT2D eigenvalue weighted by Crippen LogP contribution is -1.96. The van der Waals surface area contributed by atoms with Crippen molar-refractivity contribution in [2.75, 3.05) is 0 Å². The quantitative estimate of drug-likeness (QED) is 0.445. The van der Waals surface area contributed by atoms with Gasteiger partial charge in [0.15, 0.2) is 0 Å². The number of nitrogens with zero attached hydrogens (tertiary/aromatic N) is 2. The highest BCUT2D eigenvalue weighted by atomic mass is 15.1. The minimum Gasteiger partial charge on any atom is -0.327 e. The number of rotatable bonds is 3. The summed E-state index contributed by atoms with van der Waals surface area (Å²) in [5, 5.41) is 0. The molecular weight excluding hydrogens is 316 g/mol. The molecule has 4 rings (SSSR count). The Bertz CT molecular complexity index is 1040. The van der Waals surface area contributed by atoms with Crippen molar-refractivity contribution in [2.24, 2.45) is 7.05 Å². The van der Waals surface area contributed by atoms with Crippen molar-refractivity contribution in [3.63, 3.8) is 0 Å². The van der Waals surface area contributed by atoms with Crippen LogP contribution in [0.15, 0.2) is 78.9 Å². The van der Waals surface area contributed by atoms with Crippen LogP contribution >= 0.6 is 0 Å². The highest BCUT2D eigenvalue weighted by Crippen LogP contribution is 2.36. The first kappa shape index (κ1) is 16.3. The predicted molar refractivity (Wildman–Crippen MR) is 109 cm³/mol. The van der Waals surface area contributed by atoms with Crippen molar-refractivity contribution in [2.45, 2.75) is 13.8 Å². The van der Waals surface area contributed by atoms with Crippen LogP contribution in [0.2, 0.25) is 0 Å². The van der Waals surface area contributed by atoms with Gasteiger partial charge in [-0.1, -0.05) is 84.4 Å². The third kappa shape index (κ3) is 2.84. The summed E-state index contributed by atoms with van der Waals surface area (Å²) < 4.78 is 2.21. The topological polar surface area (TPSA) is 17.8 Å². The van der Waals surface area contributed by atoms with Crippen molar-refractivity contribution in [3.8, 4) is 33.9 Å². The van der Waals surface area contributed by atoms with Crippen LogP contribution in [0.25, 0.3) is 33.9 Å². The highest BCUT2D eigenvalue weighted by Gasteiger charge is 2.19. The molecule has 0 atom stereocenters. The van der Waals surface area contributed by atoms with E-state index < -0.39 is 0 Å². The van der Waals surface area contributed by atoms with Gasteiger partial charge in [0.1, 0.15) is 5.82 Å². The Labute approximate surface area is 154 Å². The van der Waals surface area contributed by atoms with Gasteiger partial charge in [-0.05, 0) is 19.4 Å². The Balaban J connectivity index is 2.01. The van der Waals surface area contributed by atoms with Gasteiger partial charge in [-0.3, -0.25) is 0 Å². The second-order valence-corrected chi connectivity index (χ2v) is 6.74. The molecule has 128 valence electrons. The van der Waals surface area contributed by atoms with E-state index in [9.17, 15) is 0 Å². The van der Waals surface area contributed by atoms with E-state index in [0.29, 0.717) is 0 Å². The predicted octanol–water partition coefficient (Wildman–Crippen LogP) is 6.04. The van der Waals surface area contributed by atoms with Crippen LogP contribution in [-0.4, -0.2) is 9.55 Å². The van der Waals surface area contributed by atoms with Crippen LogP contribution in [0, 0.1) is 13.8 Å². The zero-order chi connectivity index (χ0) is 18.1. The molecular formula is C24H22N2. The average molecular weight is 338 g/mol. The maximum Gasteiger partial charge on any atom is 0.140 e. The summed E-state index contributed by atoms with van der Waals surface area (Å²) in [6.45, 7) is 4.29. The molecule has 0 bridgehead atoms. The first-order valence-electron chi connectivity index (χ1n) is 8.90. The number of hydrogen-bond acceptors (Lipinski definition) is 1. The Morgan fingerprint density at radius 2 is 1.35 bits per heavy atom.